The molecule has 0 bridgehead atoms. The third-order valence-electron chi connectivity index (χ3n) is 4.10. The van der Waals surface area contributed by atoms with E-state index < -0.39 is 12.0 Å². The van der Waals surface area contributed by atoms with Crippen molar-refractivity contribution < 1.29 is 19.1 Å². The highest BCUT2D eigenvalue weighted by molar-refractivity contribution is 5.87. The minimum atomic E-state index is -0.489. The number of piperidine rings is 1. The lowest BCUT2D eigenvalue weighted by Gasteiger charge is -2.30. The van der Waals surface area contributed by atoms with E-state index in [1.807, 2.05) is 30.3 Å². The number of nitrogens with zero attached hydrogens (tertiary/aromatic N) is 3. The van der Waals surface area contributed by atoms with Gasteiger partial charge in [-0.15, -0.1) is 0 Å². The molecule has 1 aliphatic rings. The van der Waals surface area contributed by atoms with Crippen LogP contribution in [-0.2, 0) is 16.1 Å². The van der Waals surface area contributed by atoms with Gasteiger partial charge in [0.1, 0.15) is 12.4 Å². The Kier molecular flexibility index (Phi) is 5.23. The molecule has 25 heavy (non-hydrogen) atoms. The number of carbonyl (C=O) groups is 2. The first-order chi connectivity index (χ1) is 12.2. The minimum Gasteiger partial charge on any atom is -0.480 e. The van der Waals surface area contributed by atoms with Crippen LogP contribution < -0.4 is 4.74 Å². The summed E-state index contributed by atoms with van der Waals surface area (Å²) < 4.78 is 10.3. The Bertz CT molecular complexity index is 734. The predicted octanol–water partition coefficient (Wildman–Crippen LogP) is 2.18. The van der Waals surface area contributed by atoms with Gasteiger partial charge in [0, 0.05) is 19.5 Å². The number of rotatable bonds is 4. The topological polar surface area (TPSA) is 81.6 Å². The number of carbonyl (C=O) groups excluding carboxylic acids is 2. The van der Waals surface area contributed by atoms with Crippen molar-refractivity contribution in [3.05, 3.63) is 54.0 Å². The van der Waals surface area contributed by atoms with E-state index in [9.17, 15) is 9.59 Å². The normalized spacial score (nSPS) is 17.2. The summed E-state index contributed by atoms with van der Waals surface area (Å²) in [6.45, 7) is 0.803. The van der Waals surface area contributed by atoms with E-state index in [1.165, 1.54) is 19.5 Å². The van der Waals surface area contributed by atoms with Crippen LogP contribution in [0.5, 0.6) is 5.88 Å². The fraction of sp³-hybridized carbons (Fsp3) is 0.333. The largest absolute Gasteiger partial charge is 0.480 e. The second-order valence-electron chi connectivity index (χ2n) is 5.74. The zero-order chi connectivity index (χ0) is 17.6. The molecule has 0 radical (unpaired) electrons. The van der Waals surface area contributed by atoms with Gasteiger partial charge >= 0.3 is 6.09 Å². The molecule has 0 saturated carbocycles. The number of likely N-dealkylation sites (tertiary alicyclic amines) is 1. The number of methoxy groups -OCH3 is 1. The molecule has 0 N–H and O–H groups in total. The first-order valence-corrected chi connectivity index (χ1v) is 8.01. The van der Waals surface area contributed by atoms with E-state index >= 15 is 0 Å². The van der Waals surface area contributed by atoms with Crippen LogP contribution in [0, 0.1) is 0 Å². The van der Waals surface area contributed by atoms with E-state index in [-0.39, 0.29) is 25.4 Å². The minimum absolute atomic E-state index is 0.0478. The molecule has 1 saturated heterocycles. The van der Waals surface area contributed by atoms with Crippen LogP contribution in [0.1, 0.15) is 23.6 Å². The van der Waals surface area contributed by atoms with Crippen molar-refractivity contribution in [2.75, 3.05) is 20.2 Å². The summed E-state index contributed by atoms with van der Waals surface area (Å²) in [6.07, 6.45) is 2.83. The molecule has 1 amide bonds. The Labute approximate surface area is 145 Å². The Morgan fingerprint density at radius 3 is 2.72 bits per heavy atom. The third-order valence-corrected chi connectivity index (χ3v) is 4.10. The molecule has 2 aromatic rings. The van der Waals surface area contributed by atoms with Gasteiger partial charge in [-0.05, 0) is 5.56 Å². The zero-order valence-corrected chi connectivity index (χ0v) is 13.9. The number of hydrogen-bond donors (Lipinski definition) is 0. The molecule has 0 spiro atoms. The van der Waals surface area contributed by atoms with Crippen molar-refractivity contribution in [1.82, 2.24) is 14.9 Å². The van der Waals surface area contributed by atoms with E-state index in [0.717, 1.165) is 5.56 Å². The van der Waals surface area contributed by atoms with Gasteiger partial charge in [0.2, 0.25) is 5.88 Å². The molecule has 1 aromatic heterocycles. The third kappa shape index (κ3) is 4.12. The van der Waals surface area contributed by atoms with Crippen LogP contribution in [0.3, 0.4) is 0 Å². The maximum Gasteiger partial charge on any atom is 0.410 e. The molecule has 130 valence electrons. The van der Waals surface area contributed by atoms with Gasteiger partial charge < -0.3 is 14.4 Å². The van der Waals surface area contributed by atoms with Crippen molar-refractivity contribution in [3.8, 4) is 5.88 Å². The molecule has 0 aliphatic carbocycles. The lowest BCUT2D eigenvalue weighted by molar-refractivity contribution is -0.123. The van der Waals surface area contributed by atoms with E-state index in [1.54, 1.807) is 4.90 Å². The Balaban J connectivity index is 1.63. The lowest BCUT2D eigenvalue weighted by atomic mass is 9.94. The fourth-order valence-electron chi connectivity index (χ4n) is 2.68. The first-order valence-electron chi connectivity index (χ1n) is 8.01. The number of ether oxygens (including phenoxy) is 2. The average Bonchev–Trinajstić information content (AvgIpc) is 2.67. The van der Waals surface area contributed by atoms with Gasteiger partial charge in [0.25, 0.3) is 0 Å². The number of Topliss-reactive ketones (excluding diaryl/α,β-unsaturated/α-hetero) is 1. The van der Waals surface area contributed by atoms with Gasteiger partial charge in [0.15, 0.2) is 0 Å². The van der Waals surface area contributed by atoms with E-state index in [4.69, 9.17) is 9.47 Å². The SMILES string of the molecule is COc1cnc([C@@H]2CN(C(=O)OCc3ccccc3)CCC2=O)cn1. The molecule has 1 atom stereocenters. The number of hydrogen-bond acceptors (Lipinski definition) is 6. The average molecular weight is 341 g/mol. The van der Waals surface area contributed by atoms with Gasteiger partial charge in [-0.1, -0.05) is 30.3 Å². The molecule has 1 fully saturated rings. The summed E-state index contributed by atoms with van der Waals surface area (Å²) in [5, 5.41) is 0. The Morgan fingerprint density at radius 1 is 1.24 bits per heavy atom. The molecule has 1 aliphatic heterocycles. The maximum absolute atomic E-state index is 12.3. The summed E-state index contributed by atoms with van der Waals surface area (Å²) in [6, 6.07) is 9.47. The molecule has 7 heteroatoms. The molecule has 7 nitrogen and oxygen atoms in total. The standard InChI is InChI=1S/C18H19N3O4/c1-24-17-10-19-15(9-20-17)14-11-21(8-7-16(14)22)18(23)25-12-13-5-3-2-4-6-13/h2-6,9-10,14H,7-8,11-12H2,1H3/t14-/m0/s1. The highest BCUT2D eigenvalue weighted by Crippen LogP contribution is 2.23. The fourth-order valence-corrected chi connectivity index (χ4v) is 2.68. The molecule has 1 aromatic carbocycles. The molecule has 0 unspecified atom stereocenters. The Hall–Kier alpha value is -2.96. The molecule has 3 rings (SSSR count). The second-order valence-corrected chi connectivity index (χ2v) is 5.74. The molecular weight excluding hydrogens is 322 g/mol. The summed E-state index contributed by atoms with van der Waals surface area (Å²) in [4.78, 5) is 34.4. The smallest absolute Gasteiger partial charge is 0.410 e. The van der Waals surface area contributed by atoms with Gasteiger partial charge in [-0.2, -0.15) is 0 Å². The predicted molar refractivity (Wildman–Crippen MR) is 89.1 cm³/mol. The van der Waals surface area contributed by atoms with Crippen molar-refractivity contribution >= 4 is 11.9 Å². The number of ketones is 1. The van der Waals surface area contributed by atoms with Gasteiger partial charge in [0.05, 0.1) is 31.1 Å². The van der Waals surface area contributed by atoms with Crippen LogP contribution in [0.2, 0.25) is 0 Å². The van der Waals surface area contributed by atoms with Gasteiger partial charge in [-0.25, -0.2) is 9.78 Å². The number of benzene rings is 1. The van der Waals surface area contributed by atoms with Crippen molar-refractivity contribution in [1.29, 1.82) is 0 Å². The highest BCUT2D eigenvalue weighted by atomic mass is 16.6. The van der Waals surface area contributed by atoms with Crippen LogP contribution in [-0.4, -0.2) is 46.9 Å². The van der Waals surface area contributed by atoms with Crippen LogP contribution in [0.15, 0.2) is 42.7 Å². The summed E-state index contributed by atoms with van der Waals surface area (Å²) >= 11 is 0. The number of amides is 1. The first kappa shape index (κ1) is 16.9. The van der Waals surface area contributed by atoms with Crippen LogP contribution in [0.4, 0.5) is 4.79 Å². The monoisotopic (exact) mass is 341 g/mol. The highest BCUT2D eigenvalue weighted by Gasteiger charge is 2.32. The maximum atomic E-state index is 12.3. The number of aromatic nitrogens is 2. The van der Waals surface area contributed by atoms with Crippen LogP contribution >= 0.6 is 0 Å². The summed E-state index contributed by atoms with van der Waals surface area (Å²) in [7, 11) is 1.50. The van der Waals surface area contributed by atoms with E-state index in [0.29, 0.717) is 18.1 Å². The zero-order valence-electron chi connectivity index (χ0n) is 13.9. The molecular formula is C18H19N3O4. The van der Waals surface area contributed by atoms with Gasteiger partial charge in [-0.3, -0.25) is 9.78 Å². The van der Waals surface area contributed by atoms with E-state index in [2.05, 4.69) is 9.97 Å². The lowest BCUT2D eigenvalue weighted by Crippen LogP contribution is -2.43. The van der Waals surface area contributed by atoms with Crippen LogP contribution in [0.25, 0.3) is 0 Å². The summed E-state index contributed by atoms with van der Waals surface area (Å²) in [5.41, 5.74) is 1.45. The van der Waals surface area contributed by atoms with Crippen molar-refractivity contribution in [3.63, 3.8) is 0 Å². The summed E-state index contributed by atoms with van der Waals surface area (Å²) in [5.74, 6) is -0.0610. The Morgan fingerprint density at radius 2 is 2.04 bits per heavy atom. The second kappa shape index (κ2) is 7.74. The quantitative estimate of drug-likeness (QED) is 0.848. The molecule has 2 heterocycles. The van der Waals surface area contributed by atoms with Crippen molar-refractivity contribution in [2.45, 2.75) is 18.9 Å². The van der Waals surface area contributed by atoms with Crippen molar-refractivity contribution in [2.24, 2.45) is 0 Å².